The molecule has 0 atom stereocenters. The number of pyridine rings is 1. The summed E-state index contributed by atoms with van der Waals surface area (Å²) in [4.78, 5) is 3.84. The van der Waals surface area contributed by atoms with Crippen molar-refractivity contribution < 1.29 is 22.6 Å². The molecular formula is C10H9F3N2O2. The SMILES string of the molecule is COc1c(C)ncc(CC#N)c1OC(F)(F)F. The van der Waals surface area contributed by atoms with Crippen LogP contribution in [0, 0.1) is 18.3 Å². The number of halogens is 3. The van der Waals surface area contributed by atoms with Crippen LogP contribution in [0.15, 0.2) is 6.20 Å². The predicted molar refractivity (Wildman–Crippen MR) is 51.5 cm³/mol. The van der Waals surface area contributed by atoms with E-state index in [0.717, 1.165) is 0 Å². The van der Waals surface area contributed by atoms with Gasteiger partial charge in [0.1, 0.15) is 0 Å². The average Bonchev–Trinajstić information content (AvgIpc) is 2.21. The number of nitrogens with zero attached hydrogens (tertiary/aromatic N) is 2. The van der Waals surface area contributed by atoms with E-state index < -0.39 is 12.1 Å². The van der Waals surface area contributed by atoms with Crippen LogP contribution in [0.5, 0.6) is 11.5 Å². The molecule has 0 N–H and O–H groups in total. The van der Waals surface area contributed by atoms with Gasteiger partial charge in [0.15, 0.2) is 11.5 Å². The van der Waals surface area contributed by atoms with Crippen molar-refractivity contribution in [2.75, 3.05) is 7.11 Å². The fourth-order valence-corrected chi connectivity index (χ4v) is 1.28. The summed E-state index contributed by atoms with van der Waals surface area (Å²) < 4.78 is 45.4. The highest BCUT2D eigenvalue weighted by Gasteiger charge is 2.34. The van der Waals surface area contributed by atoms with Gasteiger partial charge in [0.05, 0.1) is 25.3 Å². The number of nitriles is 1. The van der Waals surface area contributed by atoms with Gasteiger partial charge in [0.2, 0.25) is 0 Å². The molecule has 1 aromatic rings. The molecule has 17 heavy (non-hydrogen) atoms. The van der Waals surface area contributed by atoms with E-state index in [4.69, 9.17) is 10.00 Å². The molecule has 0 amide bonds. The van der Waals surface area contributed by atoms with Crippen LogP contribution in [-0.4, -0.2) is 18.5 Å². The fourth-order valence-electron chi connectivity index (χ4n) is 1.28. The van der Waals surface area contributed by atoms with Gasteiger partial charge in [-0.2, -0.15) is 5.26 Å². The first-order chi connectivity index (χ1) is 7.89. The highest BCUT2D eigenvalue weighted by Crippen LogP contribution is 2.37. The maximum Gasteiger partial charge on any atom is 0.573 e. The first kappa shape index (κ1) is 13.1. The zero-order chi connectivity index (χ0) is 13.1. The van der Waals surface area contributed by atoms with Crippen molar-refractivity contribution in [2.45, 2.75) is 19.7 Å². The molecule has 1 aromatic heterocycles. The first-order valence-electron chi connectivity index (χ1n) is 4.54. The quantitative estimate of drug-likeness (QED) is 0.821. The molecule has 0 radical (unpaired) electrons. The van der Waals surface area contributed by atoms with Crippen LogP contribution >= 0.6 is 0 Å². The highest BCUT2D eigenvalue weighted by molar-refractivity contribution is 5.49. The van der Waals surface area contributed by atoms with Gasteiger partial charge in [-0.3, -0.25) is 4.98 Å². The largest absolute Gasteiger partial charge is 0.573 e. The third-order valence-electron chi connectivity index (χ3n) is 1.93. The van der Waals surface area contributed by atoms with E-state index in [1.807, 2.05) is 0 Å². The minimum Gasteiger partial charge on any atom is -0.491 e. The Morgan fingerprint density at radius 3 is 2.53 bits per heavy atom. The Morgan fingerprint density at radius 1 is 1.41 bits per heavy atom. The normalized spacial score (nSPS) is 10.8. The van der Waals surface area contributed by atoms with Crippen molar-refractivity contribution in [2.24, 2.45) is 0 Å². The second-order valence-corrected chi connectivity index (χ2v) is 3.11. The molecule has 7 heteroatoms. The summed E-state index contributed by atoms with van der Waals surface area (Å²) in [5, 5.41) is 8.52. The molecule has 0 unspecified atom stereocenters. The zero-order valence-corrected chi connectivity index (χ0v) is 9.13. The molecule has 0 aromatic carbocycles. The predicted octanol–water partition coefficient (Wildman–Crippen LogP) is 2.36. The lowest BCUT2D eigenvalue weighted by molar-refractivity contribution is -0.275. The third kappa shape index (κ3) is 3.24. The second kappa shape index (κ2) is 4.91. The van der Waals surface area contributed by atoms with Crippen molar-refractivity contribution in [3.8, 4) is 17.6 Å². The van der Waals surface area contributed by atoms with Crippen LogP contribution in [0.4, 0.5) is 13.2 Å². The van der Waals surface area contributed by atoms with Crippen molar-refractivity contribution in [3.63, 3.8) is 0 Å². The lowest BCUT2D eigenvalue weighted by Gasteiger charge is -2.16. The van der Waals surface area contributed by atoms with Gasteiger partial charge >= 0.3 is 6.36 Å². The average molecular weight is 246 g/mol. The van der Waals surface area contributed by atoms with Crippen molar-refractivity contribution in [1.82, 2.24) is 4.98 Å². The first-order valence-corrected chi connectivity index (χ1v) is 4.54. The second-order valence-electron chi connectivity index (χ2n) is 3.11. The lowest BCUT2D eigenvalue weighted by Crippen LogP contribution is -2.19. The molecule has 0 fully saturated rings. The van der Waals surface area contributed by atoms with Gasteiger partial charge < -0.3 is 9.47 Å². The Labute approximate surface area is 95.6 Å². The Hall–Kier alpha value is -1.97. The number of rotatable bonds is 3. The highest BCUT2D eigenvalue weighted by atomic mass is 19.4. The smallest absolute Gasteiger partial charge is 0.491 e. The topological polar surface area (TPSA) is 55.1 Å². The number of ether oxygens (including phenoxy) is 2. The molecular weight excluding hydrogens is 237 g/mol. The van der Waals surface area contributed by atoms with E-state index >= 15 is 0 Å². The number of aromatic nitrogens is 1. The van der Waals surface area contributed by atoms with Crippen LogP contribution < -0.4 is 9.47 Å². The van der Waals surface area contributed by atoms with Crippen LogP contribution in [-0.2, 0) is 6.42 Å². The van der Waals surface area contributed by atoms with Crippen LogP contribution in [0.1, 0.15) is 11.3 Å². The van der Waals surface area contributed by atoms with Crippen LogP contribution in [0.25, 0.3) is 0 Å². The minimum absolute atomic E-state index is 0.0345. The van der Waals surface area contributed by atoms with Crippen molar-refractivity contribution in [1.29, 1.82) is 5.26 Å². The van der Waals surface area contributed by atoms with E-state index in [1.54, 1.807) is 6.07 Å². The minimum atomic E-state index is -4.84. The Balaban J connectivity index is 3.29. The molecule has 0 aliphatic carbocycles. The van der Waals surface area contributed by atoms with Crippen molar-refractivity contribution >= 4 is 0 Å². The molecule has 0 saturated heterocycles. The Bertz CT molecular complexity index is 452. The summed E-state index contributed by atoms with van der Waals surface area (Å²) in [5.74, 6) is -0.621. The van der Waals surface area contributed by atoms with E-state index in [-0.39, 0.29) is 23.4 Å². The third-order valence-corrected chi connectivity index (χ3v) is 1.93. The molecule has 4 nitrogen and oxygen atoms in total. The number of hydrogen-bond acceptors (Lipinski definition) is 4. The summed E-state index contributed by atoms with van der Waals surface area (Å²) in [5.41, 5.74) is 0.292. The van der Waals surface area contributed by atoms with Gasteiger partial charge in [-0.15, -0.1) is 13.2 Å². The Kier molecular flexibility index (Phi) is 3.78. The standard InChI is InChI=1S/C10H9F3N2O2/c1-6-8(16-2)9(17-10(11,12)13)7(3-4-14)5-15-6/h5H,3H2,1-2H3. The van der Waals surface area contributed by atoms with Crippen molar-refractivity contribution in [3.05, 3.63) is 17.5 Å². The van der Waals surface area contributed by atoms with E-state index in [9.17, 15) is 13.2 Å². The van der Waals surface area contributed by atoms with Crippen LogP contribution in [0.3, 0.4) is 0 Å². The number of hydrogen-bond donors (Lipinski definition) is 0. The molecule has 1 heterocycles. The Morgan fingerprint density at radius 2 is 2.06 bits per heavy atom. The molecule has 0 spiro atoms. The van der Waals surface area contributed by atoms with Gasteiger partial charge in [0.25, 0.3) is 0 Å². The van der Waals surface area contributed by atoms with E-state index in [2.05, 4.69) is 9.72 Å². The fraction of sp³-hybridized carbons (Fsp3) is 0.400. The lowest BCUT2D eigenvalue weighted by atomic mass is 10.1. The summed E-state index contributed by atoms with van der Waals surface area (Å²) in [6.07, 6.45) is -3.91. The van der Waals surface area contributed by atoms with Gasteiger partial charge in [0, 0.05) is 11.8 Å². The molecule has 0 aliphatic rings. The zero-order valence-electron chi connectivity index (χ0n) is 9.13. The van der Waals surface area contributed by atoms with Gasteiger partial charge in [-0.05, 0) is 6.92 Å². The monoisotopic (exact) mass is 246 g/mol. The summed E-state index contributed by atoms with van der Waals surface area (Å²) in [6.45, 7) is 1.48. The van der Waals surface area contributed by atoms with Gasteiger partial charge in [-0.25, -0.2) is 0 Å². The number of alkyl halides is 3. The van der Waals surface area contributed by atoms with E-state index in [0.29, 0.717) is 0 Å². The molecule has 1 rings (SSSR count). The molecule has 0 saturated carbocycles. The number of methoxy groups -OCH3 is 1. The number of aryl methyl sites for hydroxylation is 1. The van der Waals surface area contributed by atoms with Gasteiger partial charge in [-0.1, -0.05) is 0 Å². The summed E-state index contributed by atoms with van der Waals surface area (Å²) in [7, 11) is 1.21. The van der Waals surface area contributed by atoms with E-state index in [1.165, 1.54) is 20.2 Å². The summed E-state index contributed by atoms with van der Waals surface area (Å²) >= 11 is 0. The molecule has 0 bridgehead atoms. The molecule has 92 valence electrons. The maximum atomic E-state index is 12.2. The summed E-state index contributed by atoms with van der Waals surface area (Å²) in [6, 6.07) is 1.74. The maximum absolute atomic E-state index is 12.2. The van der Waals surface area contributed by atoms with Crippen LogP contribution in [0.2, 0.25) is 0 Å². The molecule has 0 aliphatic heterocycles.